The van der Waals surface area contributed by atoms with Crippen molar-refractivity contribution >= 4 is 10.0 Å². The van der Waals surface area contributed by atoms with E-state index < -0.39 is 21.9 Å². The smallest absolute Gasteiger partial charge is 0.435 e. The lowest BCUT2D eigenvalue weighted by atomic mass is 10.2. The van der Waals surface area contributed by atoms with Gasteiger partial charge in [-0.05, 0) is 29.8 Å². The summed E-state index contributed by atoms with van der Waals surface area (Å²) >= 11 is 0. The van der Waals surface area contributed by atoms with Crippen molar-refractivity contribution in [3.8, 4) is 5.75 Å². The number of rotatable bonds is 5. The van der Waals surface area contributed by atoms with Crippen molar-refractivity contribution in [2.75, 3.05) is 13.2 Å². The Morgan fingerprint density at radius 3 is 2.79 bits per heavy atom. The van der Waals surface area contributed by atoms with Crippen molar-refractivity contribution in [2.45, 2.75) is 24.0 Å². The molecule has 3 rings (SSSR count). The lowest BCUT2D eigenvalue weighted by molar-refractivity contribution is -0.141. The van der Waals surface area contributed by atoms with E-state index in [0.717, 1.165) is 22.5 Å². The molecular weight excluding hydrogens is 347 g/mol. The van der Waals surface area contributed by atoms with E-state index in [1.54, 1.807) is 12.1 Å². The van der Waals surface area contributed by atoms with E-state index in [4.69, 9.17) is 4.74 Å². The second kappa shape index (κ2) is 6.10. The highest BCUT2D eigenvalue weighted by Crippen LogP contribution is 2.28. The minimum Gasteiger partial charge on any atom is -0.493 e. The van der Waals surface area contributed by atoms with Gasteiger partial charge in [-0.15, -0.1) is 0 Å². The Hall–Kier alpha value is -2.07. The van der Waals surface area contributed by atoms with Crippen molar-refractivity contribution in [3.63, 3.8) is 0 Å². The van der Waals surface area contributed by atoms with Gasteiger partial charge < -0.3 is 4.74 Å². The number of aromatic nitrogens is 2. The SMILES string of the molecule is O=S(=O)(NCCn1ccc(C(F)(F)F)n1)c1ccc2c(c1)CCO2. The summed E-state index contributed by atoms with van der Waals surface area (Å²) in [6.45, 7) is 0.436. The first-order chi connectivity index (χ1) is 11.3. The predicted octanol–water partition coefficient (Wildman–Crippen LogP) is 1.82. The predicted molar refractivity (Wildman–Crippen MR) is 78.1 cm³/mol. The molecule has 0 bridgehead atoms. The lowest BCUT2D eigenvalue weighted by Crippen LogP contribution is -2.27. The number of ether oxygens (including phenoxy) is 1. The molecule has 0 unspecified atom stereocenters. The van der Waals surface area contributed by atoms with Gasteiger partial charge in [0, 0.05) is 19.2 Å². The standard InChI is InChI=1S/C14H14F3N3O3S/c15-14(16,17)13-3-6-20(19-13)7-5-18-24(21,22)11-1-2-12-10(9-11)4-8-23-12/h1-3,6,9,18H,4-5,7-8H2. The summed E-state index contributed by atoms with van der Waals surface area (Å²) < 4.78 is 70.5. The number of halogens is 3. The Bertz CT molecular complexity index is 846. The molecule has 0 saturated carbocycles. The maximum Gasteiger partial charge on any atom is 0.435 e. The highest BCUT2D eigenvalue weighted by atomic mass is 32.2. The molecule has 0 radical (unpaired) electrons. The van der Waals surface area contributed by atoms with Gasteiger partial charge in [0.05, 0.1) is 18.0 Å². The van der Waals surface area contributed by atoms with E-state index in [-0.39, 0.29) is 18.0 Å². The quantitative estimate of drug-likeness (QED) is 0.882. The molecule has 0 saturated heterocycles. The fraction of sp³-hybridized carbons (Fsp3) is 0.357. The molecule has 1 aromatic heterocycles. The van der Waals surface area contributed by atoms with Crippen molar-refractivity contribution < 1.29 is 26.3 Å². The molecule has 10 heteroatoms. The molecule has 1 aliphatic rings. The van der Waals surface area contributed by atoms with Crippen LogP contribution in [0.2, 0.25) is 0 Å². The molecule has 0 fully saturated rings. The van der Waals surface area contributed by atoms with Crippen LogP contribution in [0.4, 0.5) is 13.2 Å². The van der Waals surface area contributed by atoms with E-state index >= 15 is 0 Å². The number of alkyl halides is 3. The third-order valence-electron chi connectivity index (χ3n) is 3.54. The number of nitrogens with one attached hydrogen (secondary N) is 1. The minimum atomic E-state index is -4.52. The summed E-state index contributed by atoms with van der Waals surface area (Å²) in [6, 6.07) is 5.41. The molecule has 0 spiro atoms. The van der Waals surface area contributed by atoms with Gasteiger partial charge in [0.25, 0.3) is 0 Å². The van der Waals surface area contributed by atoms with Crippen LogP contribution >= 0.6 is 0 Å². The molecule has 24 heavy (non-hydrogen) atoms. The molecule has 0 atom stereocenters. The molecule has 2 heterocycles. The summed E-state index contributed by atoms with van der Waals surface area (Å²) in [5, 5.41) is 3.36. The summed E-state index contributed by atoms with van der Waals surface area (Å²) in [7, 11) is -3.74. The van der Waals surface area contributed by atoms with Crippen molar-refractivity contribution in [3.05, 3.63) is 41.7 Å². The number of fused-ring (bicyclic) bond motifs is 1. The Morgan fingerprint density at radius 2 is 2.08 bits per heavy atom. The van der Waals surface area contributed by atoms with Crippen LogP contribution in [-0.4, -0.2) is 31.3 Å². The highest BCUT2D eigenvalue weighted by Gasteiger charge is 2.33. The molecule has 1 N–H and O–H groups in total. The van der Waals surface area contributed by atoms with Gasteiger partial charge in [0.2, 0.25) is 10.0 Å². The topological polar surface area (TPSA) is 73.2 Å². The maximum absolute atomic E-state index is 12.4. The second-order valence-electron chi connectivity index (χ2n) is 5.23. The Morgan fingerprint density at radius 1 is 1.29 bits per heavy atom. The first-order valence-electron chi connectivity index (χ1n) is 7.12. The first kappa shape index (κ1) is 16.8. The zero-order chi connectivity index (χ0) is 17.4. The first-order valence-corrected chi connectivity index (χ1v) is 8.60. The van der Waals surface area contributed by atoms with Crippen LogP contribution in [0.25, 0.3) is 0 Å². The summed E-state index contributed by atoms with van der Waals surface area (Å²) in [6.07, 6.45) is -2.71. The van der Waals surface area contributed by atoms with Crippen molar-refractivity contribution in [2.24, 2.45) is 0 Å². The molecule has 1 aliphatic heterocycles. The van der Waals surface area contributed by atoms with Crippen LogP contribution in [0.3, 0.4) is 0 Å². The van der Waals surface area contributed by atoms with Gasteiger partial charge in [-0.3, -0.25) is 4.68 Å². The fourth-order valence-electron chi connectivity index (χ4n) is 2.35. The van der Waals surface area contributed by atoms with Gasteiger partial charge in [0.15, 0.2) is 5.69 Å². The number of sulfonamides is 1. The van der Waals surface area contributed by atoms with E-state index in [1.807, 2.05) is 0 Å². The Labute approximate surface area is 136 Å². The van der Waals surface area contributed by atoms with E-state index in [2.05, 4.69) is 9.82 Å². The Kier molecular flexibility index (Phi) is 4.26. The third-order valence-corrected chi connectivity index (χ3v) is 4.99. The van der Waals surface area contributed by atoms with Crippen molar-refractivity contribution in [1.29, 1.82) is 0 Å². The number of benzene rings is 1. The third kappa shape index (κ3) is 3.54. The Balaban J connectivity index is 1.62. The average Bonchev–Trinajstić information content (AvgIpc) is 3.14. The fourth-order valence-corrected chi connectivity index (χ4v) is 3.42. The van der Waals surface area contributed by atoms with E-state index in [0.29, 0.717) is 18.8 Å². The van der Waals surface area contributed by atoms with Gasteiger partial charge >= 0.3 is 6.18 Å². The van der Waals surface area contributed by atoms with Crippen LogP contribution in [0, 0.1) is 0 Å². The van der Waals surface area contributed by atoms with E-state index in [1.165, 1.54) is 6.07 Å². The van der Waals surface area contributed by atoms with Crippen LogP contribution in [0.1, 0.15) is 11.3 Å². The van der Waals surface area contributed by atoms with Crippen LogP contribution in [-0.2, 0) is 29.2 Å². The van der Waals surface area contributed by atoms with Crippen LogP contribution in [0.5, 0.6) is 5.75 Å². The molecule has 0 amide bonds. The molecular formula is C14H14F3N3O3S. The van der Waals surface area contributed by atoms with Gasteiger partial charge in [0.1, 0.15) is 5.75 Å². The summed E-state index contributed by atoms with van der Waals surface area (Å²) in [4.78, 5) is 0.100. The molecule has 6 nitrogen and oxygen atoms in total. The summed E-state index contributed by atoms with van der Waals surface area (Å²) in [5.41, 5.74) is -0.191. The zero-order valence-electron chi connectivity index (χ0n) is 12.4. The molecule has 2 aromatic rings. The zero-order valence-corrected chi connectivity index (χ0v) is 13.2. The van der Waals surface area contributed by atoms with Gasteiger partial charge in [-0.25, -0.2) is 13.1 Å². The monoisotopic (exact) mass is 361 g/mol. The van der Waals surface area contributed by atoms with Crippen LogP contribution < -0.4 is 9.46 Å². The highest BCUT2D eigenvalue weighted by molar-refractivity contribution is 7.89. The second-order valence-corrected chi connectivity index (χ2v) is 6.99. The number of hydrogen-bond donors (Lipinski definition) is 1. The molecule has 1 aromatic carbocycles. The number of nitrogens with zero attached hydrogens (tertiary/aromatic N) is 2. The summed E-state index contributed by atoms with van der Waals surface area (Å²) in [5.74, 6) is 0.671. The lowest BCUT2D eigenvalue weighted by Gasteiger charge is -2.08. The van der Waals surface area contributed by atoms with Crippen LogP contribution in [0.15, 0.2) is 35.4 Å². The van der Waals surface area contributed by atoms with Gasteiger partial charge in [-0.2, -0.15) is 18.3 Å². The molecule has 130 valence electrons. The largest absolute Gasteiger partial charge is 0.493 e. The van der Waals surface area contributed by atoms with E-state index in [9.17, 15) is 21.6 Å². The number of hydrogen-bond acceptors (Lipinski definition) is 4. The van der Waals surface area contributed by atoms with Gasteiger partial charge in [-0.1, -0.05) is 0 Å². The van der Waals surface area contributed by atoms with Crippen molar-refractivity contribution in [1.82, 2.24) is 14.5 Å². The average molecular weight is 361 g/mol. The minimum absolute atomic E-state index is 0.0106. The maximum atomic E-state index is 12.4. The normalized spacial score (nSPS) is 14.5. The molecule has 0 aliphatic carbocycles.